The number of anilines is 2. The molecule has 0 fully saturated rings. The molecule has 3 aromatic rings. The highest BCUT2D eigenvalue weighted by Gasteiger charge is 2.39. The Kier molecular flexibility index (Phi) is 5.16. The number of nitrogens with one attached hydrogen (secondary N) is 2. The van der Waals surface area contributed by atoms with Crippen molar-refractivity contribution in [3.05, 3.63) is 95.8 Å². The second kappa shape index (κ2) is 8.26. The van der Waals surface area contributed by atoms with Crippen LogP contribution in [0.5, 0.6) is 5.75 Å². The van der Waals surface area contributed by atoms with Gasteiger partial charge in [0.05, 0.1) is 23.9 Å². The van der Waals surface area contributed by atoms with Crippen LogP contribution in [0.15, 0.2) is 79.1 Å². The first-order chi connectivity index (χ1) is 15.2. The van der Waals surface area contributed by atoms with Gasteiger partial charge in [-0.3, -0.25) is 9.78 Å². The minimum Gasteiger partial charge on any atom is -0.494 e. The lowest BCUT2D eigenvalue weighted by Gasteiger charge is -2.38. The molecule has 0 saturated carbocycles. The fourth-order valence-corrected chi connectivity index (χ4v) is 4.70. The number of carbonyl (C=O) groups excluding carboxylic acids is 1. The molecule has 1 aliphatic heterocycles. The van der Waals surface area contributed by atoms with E-state index in [-0.39, 0.29) is 11.9 Å². The van der Waals surface area contributed by atoms with Crippen LogP contribution in [-0.2, 0) is 0 Å². The van der Waals surface area contributed by atoms with E-state index in [1.807, 2.05) is 55.6 Å². The maximum atomic E-state index is 13.2. The van der Waals surface area contributed by atoms with Crippen molar-refractivity contribution in [1.29, 1.82) is 0 Å². The Morgan fingerprint density at radius 1 is 1.16 bits per heavy atom. The number of pyridine rings is 1. The van der Waals surface area contributed by atoms with Gasteiger partial charge in [0.25, 0.3) is 5.91 Å². The van der Waals surface area contributed by atoms with E-state index >= 15 is 0 Å². The van der Waals surface area contributed by atoms with Crippen LogP contribution in [0, 0.1) is 5.92 Å². The van der Waals surface area contributed by atoms with E-state index in [4.69, 9.17) is 4.74 Å². The first-order valence-electron chi connectivity index (χ1n) is 10.7. The van der Waals surface area contributed by atoms with Gasteiger partial charge in [0, 0.05) is 24.0 Å². The van der Waals surface area contributed by atoms with E-state index < -0.39 is 0 Å². The Labute approximate surface area is 182 Å². The van der Waals surface area contributed by atoms with E-state index in [0.717, 1.165) is 29.1 Å². The van der Waals surface area contributed by atoms with Crippen molar-refractivity contribution >= 4 is 17.3 Å². The van der Waals surface area contributed by atoms with Crippen LogP contribution in [0.2, 0.25) is 0 Å². The van der Waals surface area contributed by atoms with Gasteiger partial charge in [-0.05, 0) is 66.8 Å². The maximum Gasteiger partial charge on any atom is 0.257 e. The van der Waals surface area contributed by atoms with E-state index in [2.05, 4.69) is 39.9 Å². The molecule has 1 aliphatic carbocycles. The summed E-state index contributed by atoms with van der Waals surface area (Å²) in [6, 6.07) is 17.6. The first kappa shape index (κ1) is 19.4. The van der Waals surface area contributed by atoms with Gasteiger partial charge in [-0.2, -0.15) is 0 Å². The van der Waals surface area contributed by atoms with Gasteiger partial charge in [0.15, 0.2) is 0 Å². The van der Waals surface area contributed by atoms with E-state index in [9.17, 15) is 4.79 Å². The third-order valence-corrected chi connectivity index (χ3v) is 6.11. The fraction of sp³-hybridized carbons (Fsp3) is 0.231. The van der Waals surface area contributed by atoms with Gasteiger partial charge >= 0.3 is 0 Å². The van der Waals surface area contributed by atoms with Gasteiger partial charge < -0.3 is 15.4 Å². The van der Waals surface area contributed by atoms with Crippen molar-refractivity contribution < 1.29 is 9.53 Å². The van der Waals surface area contributed by atoms with E-state index in [1.165, 1.54) is 5.56 Å². The number of aromatic nitrogens is 1. The van der Waals surface area contributed by atoms with Gasteiger partial charge in [-0.1, -0.05) is 30.4 Å². The Hall–Kier alpha value is -3.60. The molecule has 2 aromatic carbocycles. The zero-order valence-electron chi connectivity index (χ0n) is 17.4. The topological polar surface area (TPSA) is 63.2 Å². The summed E-state index contributed by atoms with van der Waals surface area (Å²) in [5, 5.41) is 6.71. The average Bonchev–Trinajstić information content (AvgIpc) is 3.30. The lowest BCUT2D eigenvalue weighted by atomic mass is 9.76. The highest BCUT2D eigenvalue weighted by atomic mass is 16.5. The summed E-state index contributed by atoms with van der Waals surface area (Å²) in [7, 11) is 0. The number of para-hydroxylation sites is 1. The highest BCUT2D eigenvalue weighted by Crippen LogP contribution is 2.50. The smallest absolute Gasteiger partial charge is 0.257 e. The summed E-state index contributed by atoms with van der Waals surface area (Å²) in [6.45, 7) is 2.56. The molecule has 5 heteroatoms. The molecule has 1 amide bonds. The molecule has 2 N–H and O–H groups in total. The third kappa shape index (κ3) is 3.67. The predicted octanol–water partition coefficient (Wildman–Crippen LogP) is 5.56. The summed E-state index contributed by atoms with van der Waals surface area (Å²) in [4.78, 5) is 17.5. The van der Waals surface area contributed by atoms with Gasteiger partial charge in [-0.15, -0.1) is 0 Å². The molecule has 0 spiro atoms. The molecule has 0 radical (unpaired) electrons. The third-order valence-electron chi connectivity index (χ3n) is 6.11. The lowest BCUT2D eigenvalue weighted by molar-refractivity contribution is 0.102. The standard InChI is InChI=1S/C26H25N3O2/c1-2-31-19-13-11-18(12-14-19)28-26(30)23-10-4-9-22-20-7-3-8-21(20)24(29-25(22)23)17-6-5-15-27-16-17/h3-7,9-16,20-21,24,29H,2,8H2,1H3,(H,28,30). The van der Waals surface area contributed by atoms with Gasteiger partial charge in [-0.25, -0.2) is 0 Å². The predicted molar refractivity (Wildman–Crippen MR) is 123 cm³/mol. The summed E-state index contributed by atoms with van der Waals surface area (Å²) in [5.41, 5.74) is 4.63. The number of allylic oxidation sites excluding steroid dienone is 2. The maximum absolute atomic E-state index is 13.2. The molecule has 3 unspecified atom stereocenters. The number of fused-ring (bicyclic) bond motifs is 3. The number of ether oxygens (including phenoxy) is 1. The number of benzene rings is 2. The molecular formula is C26H25N3O2. The zero-order chi connectivity index (χ0) is 21.2. The molecule has 3 atom stereocenters. The highest BCUT2D eigenvalue weighted by molar-refractivity contribution is 6.08. The molecule has 31 heavy (non-hydrogen) atoms. The lowest BCUT2D eigenvalue weighted by Crippen LogP contribution is -2.31. The van der Waals surface area contributed by atoms with Crippen molar-refractivity contribution in [3.8, 4) is 5.75 Å². The molecule has 2 heterocycles. The van der Waals surface area contributed by atoms with Crippen LogP contribution in [0.4, 0.5) is 11.4 Å². The zero-order valence-corrected chi connectivity index (χ0v) is 17.4. The van der Waals surface area contributed by atoms with Crippen molar-refractivity contribution in [2.24, 2.45) is 5.92 Å². The molecule has 5 nitrogen and oxygen atoms in total. The Balaban J connectivity index is 1.46. The Morgan fingerprint density at radius 2 is 2.03 bits per heavy atom. The summed E-state index contributed by atoms with van der Waals surface area (Å²) < 4.78 is 5.48. The van der Waals surface area contributed by atoms with E-state index in [0.29, 0.717) is 24.0 Å². The van der Waals surface area contributed by atoms with Crippen LogP contribution in [-0.4, -0.2) is 17.5 Å². The largest absolute Gasteiger partial charge is 0.494 e. The van der Waals surface area contributed by atoms with Crippen LogP contribution in [0.3, 0.4) is 0 Å². The second-order valence-electron chi connectivity index (χ2n) is 7.94. The molecule has 5 rings (SSSR count). The van der Waals surface area contributed by atoms with Crippen LogP contribution in [0.25, 0.3) is 0 Å². The quantitative estimate of drug-likeness (QED) is 0.540. The minimum atomic E-state index is -0.126. The molecule has 1 aromatic heterocycles. The summed E-state index contributed by atoms with van der Waals surface area (Å²) >= 11 is 0. The normalized spacial score (nSPS) is 21.0. The molecule has 2 aliphatic rings. The first-order valence-corrected chi connectivity index (χ1v) is 10.7. The number of hydrogen-bond acceptors (Lipinski definition) is 4. The van der Waals surface area contributed by atoms with Crippen LogP contribution >= 0.6 is 0 Å². The Morgan fingerprint density at radius 3 is 2.81 bits per heavy atom. The van der Waals surface area contributed by atoms with Crippen molar-refractivity contribution in [1.82, 2.24) is 4.98 Å². The van der Waals surface area contributed by atoms with Gasteiger partial charge in [0.1, 0.15) is 5.75 Å². The Bertz CT molecular complexity index is 1110. The number of rotatable bonds is 5. The SMILES string of the molecule is CCOc1ccc(NC(=O)c2cccc3c2NC(c2cccnc2)C2CC=CC32)cc1. The number of carbonyl (C=O) groups is 1. The van der Waals surface area contributed by atoms with Gasteiger partial charge in [0.2, 0.25) is 0 Å². The summed E-state index contributed by atoms with van der Waals surface area (Å²) in [6.07, 6.45) is 9.25. The number of hydrogen-bond donors (Lipinski definition) is 2. The van der Waals surface area contributed by atoms with Crippen molar-refractivity contribution in [2.45, 2.75) is 25.3 Å². The van der Waals surface area contributed by atoms with E-state index in [1.54, 1.807) is 6.20 Å². The van der Waals surface area contributed by atoms with Crippen LogP contribution in [0.1, 0.15) is 46.8 Å². The number of amides is 1. The molecule has 0 saturated heterocycles. The van der Waals surface area contributed by atoms with Crippen LogP contribution < -0.4 is 15.4 Å². The molecular weight excluding hydrogens is 386 g/mol. The second-order valence-corrected chi connectivity index (χ2v) is 7.94. The summed E-state index contributed by atoms with van der Waals surface area (Å²) in [5.74, 6) is 1.37. The minimum absolute atomic E-state index is 0.112. The monoisotopic (exact) mass is 411 g/mol. The molecule has 0 bridgehead atoms. The number of nitrogens with zero attached hydrogens (tertiary/aromatic N) is 1. The molecule has 156 valence electrons. The fourth-order valence-electron chi connectivity index (χ4n) is 4.70. The van der Waals surface area contributed by atoms with Crippen molar-refractivity contribution in [3.63, 3.8) is 0 Å². The van der Waals surface area contributed by atoms with Crippen molar-refractivity contribution in [2.75, 3.05) is 17.2 Å². The average molecular weight is 412 g/mol.